The predicted molar refractivity (Wildman–Crippen MR) is 102 cm³/mol. The second-order valence-corrected chi connectivity index (χ2v) is 7.34. The first-order valence-corrected chi connectivity index (χ1v) is 9.06. The lowest BCUT2D eigenvalue weighted by Gasteiger charge is -2.18. The number of hydrogen-bond acceptors (Lipinski definition) is 4. The van der Waals surface area contributed by atoms with E-state index in [0.29, 0.717) is 11.4 Å². The molecule has 2 unspecified atom stereocenters. The van der Waals surface area contributed by atoms with E-state index >= 15 is 0 Å². The van der Waals surface area contributed by atoms with Crippen LogP contribution in [0.2, 0.25) is 0 Å². The van der Waals surface area contributed by atoms with Crippen LogP contribution >= 0.6 is 0 Å². The lowest BCUT2D eigenvalue weighted by molar-refractivity contribution is -0.138. The lowest BCUT2D eigenvalue weighted by Crippen LogP contribution is -2.43. The minimum absolute atomic E-state index is 0.157. The molecule has 2 aromatic rings. The molecule has 140 valence electrons. The Kier molecular flexibility index (Phi) is 4.36. The number of rotatable bonds is 4. The minimum Gasteiger partial charge on any atom is -0.489 e. The maximum atomic E-state index is 12.1. The number of nitrogens with two attached hydrogens (primary N) is 1. The number of carbonyl (C=O) groups is 2. The number of carboxylic acids is 1. The normalized spacial score (nSPS) is 24.0. The van der Waals surface area contributed by atoms with E-state index in [1.54, 1.807) is 7.05 Å². The summed E-state index contributed by atoms with van der Waals surface area (Å²) >= 11 is 0. The molecule has 2 aliphatic rings. The van der Waals surface area contributed by atoms with Crippen LogP contribution in [-0.4, -0.2) is 36.7 Å². The standard InChI is InChI=1S/C21H22N2O4/c1-23-18-7-6-14(10-19(18)27-11-17(22)20(23)24)13-4-2-12(3-5-13)8-15-9-16(15)21(25)26/h2-7,10,15-17H,8-9,11,22H2,1H3,(H,25,26)/t15?,16?,17-/m0/s1. The number of hydrogen-bond donors (Lipinski definition) is 2. The SMILES string of the molecule is CN1C(=O)[C@@H](N)COc2cc(-c3ccc(CC4CC4C(=O)O)cc3)ccc21. The largest absolute Gasteiger partial charge is 0.489 e. The lowest BCUT2D eigenvalue weighted by atomic mass is 10.0. The molecule has 2 aromatic carbocycles. The number of aliphatic carboxylic acids is 1. The van der Waals surface area contributed by atoms with Crippen molar-refractivity contribution in [3.05, 3.63) is 48.0 Å². The molecule has 1 aliphatic heterocycles. The molecule has 1 aliphatic carbocycles. The highest BCUT2D eigenvalue weighted by Crippen LogP contribution is 2.41. The van der Waals surface area contributed by atoms with Crippen LogP contribution in [-0.2, 0) is 16.0 Å². The molecule has 27 heavy (non-hydrogen) atoms. The number of fused-ring (bicyclic) bond motifs is 1. The third-order valence-electron chi connectivity index (χ3n) is 5.41. The van der Waals surface area contributed by atoms with E-state index in [2.05, 4.69) is 0 Å². The average Bonchev–Trinajstić information content (AvgIpc) is 3.45. The number of anilines is 1. The third-order valence-corrected chi connectivity index (χ3v) is 5.41. The summed E-state index contributed by atoms with van der Waals surface area (Å²) in [5.74, 6) is -0.137. The Morgan fingerprint density at radius 2 is 1.93 bits per heavy atom. The quantitative estimate of drug-likeness (QED) is 0.866. The minimum atomic E-state index is -0.690. The Morgan fingerprint density at radius 1 is 1.22 bits per heavy atom. The van der Waals surface area contributed by atoms with Crippen molar-refractivity contribution in [1.82, 2.24) is 0 Å². The number of amides is 1. The highest BCUT2D eigenvalue weighted by Gasteiger charge is 2.42. The van der Waals surface area contributed by atoms with Crippen molar-refractivity contribution in [3.8, 4) is 16.9 Å². The Balaban J connectivity index is 1.53. The van der Waals surface area contributed by atoms with Crippen LogP contribution in [0.4, 0.5) is 5.69 Å². The van der Waals surface area contributed by atoms with E-state index in [-0.39, 0.29) is 24.3 Å². The third kappa shape index (κ3) is 3.40. The van der Waals surface area contributed by atoms with Crippen molar-refractivity contribution >= 4 is 17.6 Å². The molecule has 1 heterocycles. The summed E-state index contributed by atoms with van der Waals surface area (Å²) in [7, 11) is 1.70. The van der Waals surface area contributed by atoms with Crippen LogP contribution in [0, 0.1) is 11.8 Å². The number of nitrogens with zero attached hydrogens (tertiary/aromatic N) is 1. The number of likely N-dealkylation sites (N-methyl/N-ethyl adjacent to an activating group) is 1. The van der Waals surface area contributed by atoms with Gasteiger partial charge in [0.15, 0.2) is 0 Å². The molecule has 6 nitrogen and oxygen atoms in total. The van der Waals surface area contributed by atoms with Crippen LogP contribution < -0.4 is 15.4 Å². The van der Waals surface area contributed by atoms with Crippen molar-refractivity contribution in [2.24, 2.45) is 17.6 Å². The van der Waals surface area contributed by atoms with E-state index in [9.17, 15) is 9.59 Å². The fourth-order valence-electron chi connectivity index (χ4n) is 3.62. The Morgan fingerprint density at radius 3 is 2.59 bits per heavy atom. The van der Waals surface area contributed by atoms with Crippen LogP contribution in [0.15, 0.2) is 42.5 Å². The molecule has 0 radical (unpaired) electrons. The Hall–Kier alpha value is -2.86. The summed E-state index contributed by atoms with van der Waals surface area (Å²) in [6, 6.07) is 13.2. The molecule has 3 atom stereocenters. The van der Waals surface area contributed by atoms with Crippen molar-refractivity contribution in [1.29, 1.82) is 0 Å². The van der Waals surface area contributed by atoms with Gasteiger partial charge in [-0.25, -0.2) is 0 Å². The summed E-state index contributed by atoms with van der Waals surface area (Å²) in [5.41, 5.74) is 9.72. The van der Waals surface area contributed by atoms with Crippen molar-refractivity contribution in [3.63, 3.8) is 0 Å². The fourth-order valence-corrected chi connectivity index (χ4v) is 3.62. The Bertz CT molecular complexity index is 894. The molecular formula is C21H22N2O4. The van der Waals surface area contributed by atoms with Crippen LogP contribution in [0.25, 0.3) is 11.1 Å². The fraction of sp³-hybridized carbons (Fsp3) is 0.333. The molecule has 1 amide bonds. The monoisotopic (exact) mass is 366 g/mol. The number of carboxylic acid groups (broad SMARTS) is 1. The zero-order valence-electron chi connectivity index (χ0n) is 15.1. The second-order valence-electron chi connectivity index (χ2n) is 7.34. The molecule has 1 saturated carbocycles. The molecule has 0 saturated heterocycles. The van der Waals surface area contributed by atoms with Gasteiger partial charge in [0.25, 0.3) is 0 Å². The molecule has 6 heteroatoms. The highest BCUT2D eigenvalue weighted by atomic mass is 16.5. The van der Waals surface area contributed by atoms with Crippen LogP contribution in [0.1, 0.15) is 12.0 Å². The van der Waals surface area contributed by atoms with Crippen LogP contribution in [0.3, 0.4) is 0 Å². The molecule has 0 bridgehead atoms. The van der Waals surface area contributed by atoms with E-state index in [0.717, 1.165) is 29.5 Å². The number of carbonyl (C=O) groups excluding carboxylic acids is 1. The summed E-state index contributed by atoms with van der Waals surface area (Å²) in [6.07, 6.45) is 1.57. The summed E-state index contributed by atoms with van der Waals surface area (Å²) in [4.78, 5) is 24.6. The van der Waals surface area contributed by atoms with Gasteiger partial charge >= 0.3 is 5.97 Å². The second kappa shape index (κ2) is 6.70. The smallest absolute Gasteiger partial charge is 0.306 e. The topological polar surface area (TPSA) is 92.9 Å². The molecule has 4 rings (SSSR count). The van der Waals surface area contributed by atoms with E-state index in [1.807, 2.05) is 42.5 Å². The van der Waals surface area contributed by atoms with E-state index < -0.39 is 12.0 Å². The summed E-state index contributed by atoms with van der Waals surface area (Å²) < 4.78 is 5.74. The average molecular weight is 366 g/mol. The Labute approximate surface area is 157 Å². The van der Waals surface area contributed by atoms with Gasteiger partial charge in [-0.15, -0.1) is 0 Å². The maximum absolute atomic E-state index is 12.1. The molecule has 0 aromatic heterocycles. The maximum Gasteiger partial charge on any atom is 0.306 e. The zero-order valence-corrected chi connectivity index (χ0v) is 15.1. The van der Waals surface area contributed by atoms with Gasteiger partial charge < -0.3 is 20.5 Å². The van der Waals surface area contributed by atoms with E-state index in [4.69, 9.17) is 15.6 Å². The zero-order chi connectivity index (χ0) is 19.1. The first kappa shape index (κ1) is 17.5. The van der Waals surface area contributed by atoms with Gasteiger partial charge in [0.1, 0.15) is 18.4 Å². The van der Waals surface area contributed by atoms with E-state index in [1.165, 1.54) is 4.90 Å². The summed E-state index contributed by atoms with van der Waals surface area (Å²) in [6.45, 7) is 0.157. The van der Waals surface area contributed by atoms with Gasteiger partial charge in [-0.3, -0.25) is 9.59 Å². The van der Waals surface area contributed by atoms with Gasteiger partial charge in [-0.1, -0.05) is 30.3 Å². The van der Waals surface area contributed by atoms with Crippen LogP contribution in [0.5, 0.6) is 5.75 Å². The van der Waals surface area contributed by atoms with Gasteiger partial charge in [-0.05, 0) is 47.6 Å². The van der Waals surface area contributed by atoms with Crippen molar-refractivity contribution < 1.29 is 19.4 Å². The van der Waals surface area contributed by atoms with Gasteiger partial charge in [0.2, 0.25) is 5.91 Å². The molecular weight excluding hydrogens is 344 g/mol. The van der Waals surface area contributed by atoms with Crippen molar-refractivity contribution in [2.45, 2.75) is 18.9 Å². The van der Waals surface area contributed by atoms with Gasteiger partial charge in [0, 0.05) is 7.05 Å². The molecule has 3 N–H and O–H groups in total. The number of benzene rings is 2. The van der Waals surface area contributed by atoms with Crippen molar-refractivity contribution in [2.75, 3.05) is 18.6 Å². The summed E-state index contributed by atoms with van der Waals surface area (Å²) in [5, 5.41) is 9.02. The number of ether oxygens (including phenoxy) is 1. The van der Waals surface area contributed by atoms with Gasteiger partial charge in [0.05, 0.1) is 11.6 Å². The van der Waals surface area contributed by atoms with Gasteiger partial charge in [-0.2, -0.15) is 0 Å². The first-order chi connectivity index (χ1) is 12.9. The predicted octanol–water partition coefficient (Wildman–Crippen LogP) is 2.30. The molecule has 1 fully saturated rings. The first-order valence-electron chi connectivity index (χ1n) is 9.06. The highest BCUT2D eigenvalue weighted by molar-refractivity contribution is 5.99. The molecule has 0 spiro atoms.